The van der Waals surface area contributed by atoms with Crippen LogP contribution in [-0.4, -0.2) is 35.9 Å². The van der Waals surface area contributed by atoms with Crippen molar-refractivity contribution in [2.24, 2.45) is 0 Å². The van der Waals surface area contributed by atoms with Gasteiger partial charge in [0.1, 0.15) is 22.4 Å². The molecule has 1 saturated heterocycles. The Bertz CT molecular complexity index is 1020. The number of nitrogens with zero attached hydrogens (tertiary/aromatic N) is 1. The Kier molecular flexibility index (Phi) is 5.75. The normalized spacial score (nSPS) is 17.0. The second-order valence-electron chi connectivity index (χ2n) is 6.22. The molecular weight excluding hydrogens is 432 g/mol. The third-order valence-corrected chi connectivity index (χ3v) is 5.68. The predicted molar refractivity (Wildman–Crippen MR) is 118 cm³/mol. The smallest absolute Gasteiger partial charge is 0.265 e. The Morgan fingerprint density at radius 2 is 2.10 bits per heavy atom. The number of hydrogen-bond acceptors (Lipinski definition) is 6. The van der Waals surface area contributed by atoms with Gasteiger partial charge in [-0.3, -0.25) is 9.59 Å². The molecule has 0 radical (unpaired) electrons. The fraction of sp³-hybridized carbons (Fsp3) is 0.150. The number of halogens is 1. The van der Waals surface area contributed by atoms with Crippen LogP contribution < -0.4 is 19.7 Å². The summed E-state index contributed by atoms with van der Waals surface area (Å²) in [7, 11) is 0. The van der Waals surface area contributed by atoms with Crippen molar-refractivity contribution in [3.8, 4) is 11.5 Å². The number of nitrogens with one attached hydrogen (secondary N) is 1. The zero-order valence-corrected chi connectivity index (χ0v) is 17.4. The maximum atomic E-state index is 12.8. The van der Waals surface area contributed by atoms with Crippen molar-refractivity contribution < 1.29 is 19.1 Å². The molecule has 2 aliphatic heterocycles. The molecule has 148 valence electrons. The molecule has 1 fully saturated rings. The number of rotatable bonds is 4. The summed E-state index contributed by atoms with van der Waals surface area (Å²) in [5.74, 6) is 0.758. The highest BCUT2D eigenvalue weighted by Crippen LogP contribution is 2.34. The standard InChI is InChI=1S/C20H15ClN2O4S2/c21-13-2-4-14(5-3-13)27-11-18(24)23-7-8-26-16-6-1-12(9-15(16)23)10-17-19(25)22-20(28)29-17/h1-6,9-10H,7-8,11H2,(H,22,25,28). The highest BCUT2D eigenvalue weighted by atomic mass is 35.5. The third-order valence-electron chi connectivity index (χ3n) is 4.26. The van der Waals surface area contributed by atoms with E-state index in [0.717, 1.165) is 5.56 Å². The van der Waals surface area contributed by atoms with Crippen molar-refractivity contribution in [2.45, 2.75) is 0 Å². The van der Waals surface area contributed by atoms with Gasteiger partial charge < -0.3 is 19.7 Å². The van der Waals surface area contributed by atoms with Gasteiger partial charge in [-0.1, -0.05) is 41.6 Å². The molecule has 0 spiro atoms. The van der Waals surface area contributed by atoms with Crippen LogP contribution in [0.1, 0.15) is 5.56 Å². The SMILES string of the molecule is O=C1NC(=S)SC1=Cc1ccc2c(c1)N(C(=O)COc1ccc(Cl)cc1)CCO2. The molecule has 0 bridgehead atoms. The van der Waals surface area contributed by atoms with Crippen molar-refractivity contribution in [2.75, 3.05) is 24.7 Å². The van der Waals surface area contributed by atoms with E-state index in [1.54, 1.807) is 41.3 Å². The van der Waals surface area contributed by atoms with Gasteiger partial charge in [0.2, 0.25) is 0 Å². The summed E-state index contributed by atoms with van der Waals surface area (Å²) in [5, 5.41) is 3.18. The summed E-state index contributed by atoms with van der Waals surface area (Å²) >= 11 is 12.1. The van der Waals surface area contributed by atoms with Crippen LogP contribution in [0.25, 0.3) is 6.08 Å². The number of benzene rings is 2. The lowest BCUT2D eigenvalue weighted by molar-refractivity contribution is -0.120. The number of hydrogen-bond donors (Lipinski definition) is 1. The monoisotopic (exact) mass is 446 g/mol. The minimum absolute atomic E-state index is 0.112. The van der Waals surface area contributed by atoms with Crippen molar-refractivity contribution in [3.05, 3.63) is 58.0 Å². The maximum absolute atomic E-state index is 12.8. The molecule has 9 heteroatoms. The number of thioether (sulfide) groups is 1. The average molecular weight is 447 g/mol. The molecular formula is C20H15ClN2O4S2. The van der Waals surface area contributed by atoms with Crippen molar-refractivity contribution >= 4 is 63.5 Å². The van der Waals surface area contributed by atoms with Crippen LogP contribution in [0.2, 0.25) is 5.02 Å². The Morgan fingerprint density at radius 3 is 2.83 bits per heavy atom. The second kappa shape index (κ2) is 8.44. The van der Waals surface area contributed by atoms with Gasteiger partial charge in [-0.05, 0) is 48.0 Å². The lowest BCUT2D eigenvalue weighted by Crippen LogP contribution is -2.40. The number of thiocarbonyl (C=S) groups is 1. The fourth-order valence-electron chi connectivity index (χ4n) is 2.91. The van der Waals surface area contributed by atoms with E-state index in [2.05, 4.69) is 5.32 Å². The van der Waals surface area contributed by atoms with Gasteiger partial charge in [0.15, 0.2) is 6.61 Å². The van der Waals surface area contributed by atoms with E-state index >= 15 is 0 Å². The van der Waals surface area contributed by atoms with Gasteiger partial charge in [-0.25, -0.2) is 0 Å². The molecule has 2 aromatic carbocycles. The van der Waals surface area contributed by atoms with Crippen LogP contribution in [-0.2, 0) is 9.59 Å². The summed E-state index contributed by atoms with van der Waals surface area (Å²) in [6.07, 6.45) is 1.74. The molecule has 1 N–H and O–H groups in total. The van der Waals surface area contributed by atoms with E-state index < -0.39 is 0 Å². The lowest BCUT2D eigenvalue weighted by Gasteiger charge is -2.29. The second-order valence-corrected chi connectivity index (χ2v) is 8.37. The van der Waals surface area contributed by atoms with Crippen LogP contribution in [0.5, 0.6) is 11.5 Å². The molecule has 0 aromatic heterocycles. The summed E-state index contributed by atoms with van der Waals surface area (Å²) in [6, 6.07) is 12.3. The zero-order chi connectivity index (χ0) is 20.4. The topological polar surface area (TPSA) is 67.9 Å². The van der Waals surface area contributed by atoms with Crippen LogP contribution in [0, 0.1) is 0 Å². The van der Waals surface area contributed by atoms with E-state index in [1.807, 2.05) is 12.1 Å². The lowest BCUT2D eigenvalue weighted by atomic mass is 10.1. The predicted octanol–water partition coefficient (Wildman–Crippen LogP) is 3.63. The van der Waals surface area contributed by atoms with Crippen LogP contribution in [0.4, 0.5) is 5.69 Å². The van der Waals surface area contributed by atoms with Crippen LogP contribution in [0.15, 0.2) is 47.4 Å². The minimum atomic E-state index is -0.224. The van der Waals surface area contributed by atoms with E-state index in [4.69, 9.17) is 33.3 Å². The van der Waals surface area contributed by atoms with Gasteiger partial charge in [0.25, 0.3) is 11.8 Å². The molecule has 0 atom stereocenters. The highest BCUT2D eigenvalue weighted by Gasteiger charge is 2.26. The van der Waals surface area contributed by atoms with Gasteiger partial charge in [0.05, 0.1) is 17.1 Å². The van der Waals surface area contributed by atoms with Gasteiger partial charge in [-0.15, -0.1) is 0 Å². The molecule has 0 unspecified atom stereocenters. The molecule has 2 aromatic rings. The Labute approximate surface area is 181 Å². The Balaban J connectivity index is 1.52. The molecule has 2 amide bonds. The maximum Gasteiger partial charge on any atom is 0.265 e. The number of fused-ring (bicyclic) bond motifs is 1. The van der Waals surface area contributed by atoms with E-state index in [1.165, 1.54) is 11.8 Å². The number of carbonyl (C=O) groups excluding carboxylic acids is 2. The summed E-state index contributed by atoms with van der Waals surface area (Å²) < 4.78 is 11.7. The van der Waals surface area contributed by atoms with Crippen LogP contribution in [0.3, 0.4) is 0 Å². The fourth-order valence-corrected chi connectivity index (χ4v) is 4.08. The molecule has 2 heterocycles. The number of amides is 2. The highest BCUT2D eigenvalue weighted by molar-refractivity contribution is 8.26. The molecule has 2 aliphatic rings. The number of ether oxygens (including phenoxy) is 2. The third kappa shape index (κ3) is 4.55. The molecule has 0 aliphatic carbocycles. The first kappa shape index (κ1) is 19.8. The van der Waals surface area contributed by atoms with E-state index in [0.29, 0.717) is 44.6 Å². The first-order valence-electron chi connectivity index (χ1n) is 8.70. The van der Waals surface area contributed by atoms with E-state index in [9.17, 15) is 9.59 Å². The molecule has 0 saturated carbocycles. The molecule has 4 rings (SSSR count). The largest absolute Gasteiger partial charge is 0.490 e. The Morgan fingerprint density at radius 1 is 1.31 bits per heavy atom. The van der Waals surface area contributed by atoms with Gasteiger partial charge in [-0.2, -0.15) is 0 Å². The van der Waals surface area contributed by atoms with Crippen molar-refractivity contribution in [1.82, 2.24) is 5.32 Å². The first-order valence-corrected chi connectivity index (χ1v) is 10.3. The quantitative estimate of drug-likeness (QED) is 0.571. The van der Waals surface area contributed by atoms with Crippen molar-refractivity contribution in [1.29, 1.82) is 0 Å². The molecule has 6 nitrogen and oxygen atoms in total. The number of anilines is 1. The summed E-state index contributed by atoms with van der Waals surface area (Å²) in [4.78, 5) is 26.8. The van der Waals surface area contributed by atoms with E-state index in [-0.39, 0.29) is 18.4 Å². The zero-order valence-electron chi connectivity index (χ0n) is 15.0. The molecule has 29 heavy (non-hydrogen) atoms. The van der Waals surface area contributed by atoms with Gasteiger partial charge >= 0.3 is 0 Å². The minimum Gasteiger partial charge on any atom is -0.490 e. The summed E-state index contributed by atoms with van der Waals surface area (Å²) in [6.45, 7) is 0.695. The summed E-state index contributed by atoms with van der Waals surface area (Å²) in [5.41, 5.74) is 1.41. The Hall–Kier alpha value is -2.55. The first-order chi connectivity index (χ1) is 14.0. The number of carbonyl (C=O) groups is 2. The average Bonchev–Trinajstić information content (AvgIpc) is 3.03. The van der Waals surface area contributed by atoms with Crippen molar-refractivity contribution in [3.63, 3.8) is 0 Å². The van der Waals surface area contributed by atoms with Gasteiger partial charge in [0, 0.05) is 5.02 Å². The van der Waals surface area contributed by atoms with Crippen LogP contribution >= 0.6 is 35.6 Å².